The number of anilines is 1. The second kappa shape index (κ2) is 10.7. The third-order valence-electron chi connectivity index (χ3n) is 4.33. The van der Waals surface area contributed by atoms with Crippen LogP contribution in [0.2, 0.25) is 0 Å². The molecule has 1 aliphatic heterocycles. The number of piperazine rings is 1. The lowest BCUT2D eigenvalue weighted by molar-refractivity contribution is 0.372. The van der Waals surface area contributed by atoms with Gasteiger partial charge >= 0.3 is 0 Å². The maximum absolute atomic E-state index is 4.82. The number of para-hydroxylation sites is 1. The molecule has 3 rings (SSSR count). The monoisotopic (exact) mass is 485 g/mol. The molecule has 0 radical (unpaired) electrons. The van der Waals surface area contributed by atoms with Crippen LogP contribution in [0.4, 0.5) is 5.69 Å². The highest BCUT2D eigenvalue weighted by Crippen LogP contribution is 2.15. The quantitative estimate of drug-likeness (QED) is 0.401. The highest BCUT2D eigenvalue weighted by atomic mass is 127. The fourth-order valence-electron chi connectivity index (χ4n) is 3.04. The second-order valence-electron chi connectivity index (χ2n) is 6.15. The molecule has 0 atom stereocenters. The second-order valence-corrected chi connectivity index (χ2v) is 7.22. The molecule has 1 saturated heterocycles. The summed E-state index contributed by atoms with van der Waals surface area (Å²) in [6, 6.07) is 10.6. The van der Waals surface area contributed by atoms with Crippen LogP contribution in [0.5, 0.6) is 0 Å². The molecule has 0 bridgehead atoms. The Labute approximate surface area is 177 Å². The summed E-state index contributed by atoms with van der Waals surface area (Å²) >= 11 is 1.71. The summed E-state index contributed by atoms with van der Waals surface area (Å²) in [5, 5.41) is 6.70. The van der Waals surface area contributed by atoms with Gasteiger partial charge in [0, 0.05) is 56.8 Å². The Bertz CT molecular complexity index is 680. The first-order valence-electron chi connectivity index (χ1n) is 9.00. The van der Waals surface area contributed by atoms with Gasteiger partial charge in [0.2, 0.25) is 0 Å². The fourth-order valence-corrected chi connectivity index (χ4v) is 3.69. The van der Waals surface area contributed by atoms with E-state index in [9.17, 15) is 0 Å². The van der Waals surface area contributed by atoms with Crippen molar-refractivity contribution in [2.45, 2.75) is 20.3 Å². The third-order valence-corrected chi connectivity index (χ3v) is 5.15. The minimum Gasteiger partial charge on any atom is -0.368 e. The van der Waals surface area contributed by atoms with E-state index < -0.39 is 0 Å². The van der Waals surface area contributed by atoms with Crippen molar-refractivity contribution >= 4 is 47.0 Å². The number of aliphatic imine (C=N–C) groups is 1. The third kappa shape index (κ3) is 5.84. The molecule has 7 heteroatoms. The Morgan fingerprint density at radius 2 is 1.92 bits per heavy atom. The zero-order chi connectivity index (χ0) is 17.5. The van der Waals surface area contributed by atoms with Crippen LogP contribution >= 0.6 is 35.3 Å². The van der Waals surface area contributed by atoms with Crippen LogP contribution < -0.4 is 10.2 Å². The number of aromatic nitrogens is 1. The molecule has 1 aromatic carbocycles. The van der Waals surface area contributed by atoms with Crippen molar-refractivity contribution in [1.82, 2.24) is 15.2 Å². The topological polar surface area (TPSA) is 43.8 Å². The van der Waals surface area contributed by atoms with Crippen LogP contribution in [0.3, 0.4) is 0 Å². The molecule has 0 amide bonds. The maximum atomic E-state index is 4.82. The minimum atomic E-state index is 0. The molecule has 0 aliphatic carbocycles. The first kappa shape index (κ1) is 21.0. The number of hydrogen-bond donors (Lipinski definition) is 1. The van der Waals surface area contributed by atoms with Crippen molar-refractivity contribution in [2.75, 3.05) is 44.2 Å². The summed E-state index contributed by atoms with van der Waals surface area (Å²) in [6.45, 7) is 9.90. The summed E-state index contributed by atoms with van der Waals surface area (Å²) in [5.41, 5.74) is 2.46. The van der Waals surface area contributed by atoms with Gasteiger partial charge in [-0.15, -0.1) is 35.3 Å². The van der Waals surface area contributed by atoms with Gasteiger partial charge < -0.3 is 15.1 Å². The van der Waals surface area contributed by atoms with E-state index >= 15 is 0 Å². The van der Waals surface area contributed by atoms with E-state index in [2.05, 4.69) is 62.7 Å². The van der Waals surface area contributed by atoms with Crippen molar-refractivity contribution in [3.05, 3.63) is 46.4 Å². The molecule has 0 saturated carbocycles. The summed E-state index contributed by atoms with van der Waals surface area (Å²) in [5.74, 6) is 1.03. The zero-order valence-electron chi connectivity index (χ0n) is 15.5. The van der Waals surface area contributed by atoms with E-state index in [1.165, 1.54) is 5.69 Å². The van der Waals surface area contributed by atoms with E-state index in [-0.39, 0.29) is 24.0 Å². The first-order chi connectivity index (χ1) is 12.3. The van der Waals surface area contributed by atoms with Gasteiger partial charge in [-0.05, 0) is 26.0 Å². The van der Waals surface area contributed by atoms with Gasteiger partial charge in [0.1, 0.15) is 0 Å². The molecule has 5 nitrogen and oxygen atoms in total. The predicted molar refractivity (Wildman–Crippen MR) is 122 cm³/mol. The van der Waals surface area contributed by atoms with Crippen LogP contribution in [0.25, 0.3) is 0 Å². The van der Waals surface area contributed by atoms with Gasteiger partial charge in [-0.1, -0.05) is 18.2 Å². The Morgan fingerprint density at radius 3 is 2.54 bits per heavy atom. The lowest BCUT2D eigenvalue weighted by atomic mass is 10.2. The number of rotatable bonds is 5. The van der Waals surface area contributed by atoms with Gasteiger partial charge in [-0.25, -0.2) is 4.98 Å². The molecule has 26 heavy (non-hydrogen) atoms. The highest BCUT2D eigenvalue weighted by molar-refractivity contribution is 14.0. The van der Waals surface area contributed by atoms with Crippen LogP contribution in [0, 0.1) is 6.92 Å². The van der Waals surface area contributed by atoms with Crippen molar-refractivity contribution in [1.29, 1.82) is 0 Å². The average molecular weight is 485 g/mol. The molecule has 2 heterocycles. The Morgan fingerprint density at radius 1 is 1.19 bits per heavy atom. The highest BCUT2D eigenvalue weighted by Gasteiger charge is 2.19. The van der Waals surface area contributed by atoms with Crippen LogP contribution in [0.1, 0.15) is 17.6 Å². The van der Waals surface area contributed by atoms with Gasteiger partial charge in [0.25, 0.3) is 0 Å². The normalized spacial score (nSPS) is 14.9. The number of nitrogens with one attached hydrogen (secondary N) is 1. The van der Waals surface area contributed by atoms with Gasteiger partial charge in [0.15, 0.2) is 5.96 Å². The van der Waals surface area contributed by atoms with Gasteiger partial charge in [0.05, 0.1) is 10.7 Å². The summed E-state index contributed by atoms with van der Waals surface area (Å²) < 4.78 is 0. The molecular formula is C19H28IN5S. The number of thiazole rings is 1. The average Bonchev–Trinajstić information content (AvgIpc) is 3.07. The molecule has 142 valence electrons. The summed E-state index contributed by atoms with van der Waals surface area (Å²) in [4.78, 5) is 14.1. The number of halogens is 1. The first-order valence-corrected chi connectivity index (χ1v) is 9.88. The number of nitrogens with zero attached hydrogens (tertiary/aromatic N) is 4. The van der Waals surface area contributed by atoms with E-state index in [1.54, 1.807) is 11.3 Å². The van der Waals surface area contributed by atoms with Crippen molar-refractivity contribution in [3.8, 4) is 0 Å². The maximum Gasteiger partial charge on any atom is 0.194 e. The zero-order valence-corrected chi connectivity index (χ0v) is 18.7. The van der Waals surface area contributed by atoms with Crippen molar-refractivity contribution < 1.29 is 0 Å². The van der Waals surface area contributed by atoms with E-state index in [0.717, 1.165) is 62.4 Å². The minimum absolute atomic E-state index is 0. The SMILES string of the molecule is CCNC(=NCCc1csc(C)n1)N1CCN(c2ccccc2)CC1.I. The molecule has 1 N–H and O–H groups in total. The molecule has 2 aromatic rings. The van der Waals surface area contributed by atoms with E-state index in [4.69, 9.17) is 4.99 Å². The van der Waals surface area contributed by atoms with E-state index in [1.807, 2.05) is 6.92 Å². The number of guanidine groups is 1. The molecule has 0 spiro atoms. The largest absolute Gasteiger partial charge is 0.368 e. The standard InChI is InChI=1S/C19H27N5S.HI/c1-3-20-19(21-10-9-17-15-25-16(2)22-17)24-13-11-23(12-14-24)18-7-5-4-6-8-18;/h4-8,15H,3,9-14H2,1-2H3,(H,20,21);1H. The number of hydrogen-bond acceptors (Lipinski definition) is 4. The fraction of sp³-hybridized carbons (Fsp3) is 0.474. The van der Waals surface area contributed by atoms with Gasteiger partial charge in [-0.3, -0.25) is 4.99 Å². The van der Waals surface area contributed by atoms with Crippen LogP contribution in [-0.2, 0) is 6.42 Å². The molecule has 0 unspecified atom stereocenters. The number of benzene rings is 1. The molecule has 1 fully saturated rings. The van der Waals surface area contributed by atoms with Gasteiger partial charge in [-0.2, -0.15) is 0 Å². The van der Waals surface area contributed by atoms with Crippen LogP contribution in [-0.4, -0.2) is 55.1 Å². The Kier molecular flexibility index (Phi) is 8.64. The molecule has 1 aliphatic rings. The Balaban J connectivity index is 0.00000243. The van der Waals surface area contributed by atoms with Crippen molar-refractivity contribution in [3.63, 3.8) is 0 Å². The lowest BCUT2D eigenvalue weighted by Gasteiger charge is -2.37. The van der Waals surface area contributed by atoms with E-state index in [0.29, 0.717) is 0 Å². The van der Waals surface area contributed by atoms with Crippen LogP contribution in [0.15, 0.2) is 40.7 Å². The Hall–Kier alpha value is -1.35. The van der Waals surface area contributed by atoms with Crippen molar-refractivity contribution in [2.24, 2.45) is 4.99 Å². The summed E-state index contributed by atoms with van der Waals surface area (Å²) in [7, 11) is 0. The molecule has 1 aromatic heterocycles. The molecular weight excluding hydrogens is 457 g/mol. The summed E-state index contributed by atoms with van der Waals surface area (Å²) in [6.07, 6.45) is 0.906. The lowest BCUT2D eigenvalue weighted by Crippen LogP contribution is -2.52. The number of aryl methyl sites for hydroxylation is 1. The smallest absolute Gasteiger partial charge is 0.194 e. The predicted octanol–water partition coefficient (Wildman–Crippen LogP) is 3.40.